The Bertz CT molecular complexity index is 513. The molecule has 1 aliphatic rings. The van der Waals surface area contributed by atoms with Crippen molar-refractivity contribution >= 4 is 30.1 Å². The summed E-state index contributed by atoms with van der Waals surface area (Å²) in [5.41, 5.74) is 1.41. The highest BCUT2D eigenvalue weighted by Crippen LogP contribution is 2.25. The first kappa shape index (κ1) is 14.7. The number of benzene rings is 1. The van der Waals surface area contributed by atoms with Crippen LogP contribution in [-0.2, 0) is 4.79 Å². The van der Waals surface area contributed by atoms with Crippen LogP contribution in [0.5, 0.6) is 0 Å². The predicted octanol–water partition coefficient (Wildman–Crippen LogP) is 1.89. The third kappa shape index (κ3) is 3.22. The van der Waals surface area contributed by atoms with Crippen molar-refractivity contribution in [1.29, 1.82) is 0 Å². The van der Waals surface area contributed by atoms with Crippen LogP contribution >= 0.6 is 12.6 Å². The van der Waals surface area contributed by atoms with Crippen molar-refractivity contribution in [3.63, 3.8) is 0 Å². The number of carbonyl (C=O) groups excluding carboxylic acids is 2. The SMILES string of the molecule is C=CCNC(=O)c1ccc(N2CC(CS)CC2=O)cc1. The van der Waals surface area contributed by atoms with Crippen LogP contribution in [0.1, 0.15) is 16.8 Å². The normalized spacial score (nSPS) is 18.1. The zero-order valence-corrected chi connectivity index (χ0v) is 12.1. The fraction of sp³-hybridized carbons (Fsp3) is 0.333. The lowest BCUT2D eigenvalue weighted by molar-refractivity contribution is -0.117. The molecule has 1 atom stereocenters. The van der Waals surface area contributed by atoms with Gasteiger partial charge in [0.1, 0.15) is 0 Å². The minimum absolute atomic E-state index is 0.118. The van der Waals surface area contributed by atoms with Crippen LogP contribution in [0.25, 0.3) is 0 Å². The van der Waals surface area contributed by atoms with E-state index in [9.17, 15) is 9.59 Å². The molecular formula is C15H18N2O2S. The Labute approximate surface area is 124 Å². The van der Waals surface area contributed by atoms with Crippen molar-refractivity contribution in [2.45, 2.75) is 6.42 Å². The van der Waals surface area contributed by atoms with Gasteiger partial charge in [-0.05, 0) is 35.9 Å². The number of amides is 2. The second-order valence-corrected chi connectivity index (χ2v) is 5.17. The van der Waals surface area contributed by atoms with Crippen LogP contribution in [-0.4, -0.2) is 30.7 Å². The van der Waals surface area contributed by atoms with E-state index in [-0.39, 0.29) is 11.8 Å². The molecule has 106 valence electrons. The van der Waals surface area contributed by atoms with E-state index in [0.717, 1.165) is 5.69 Å². The van der Waals surface area contributed by atoms with Crippen LogP contribution in [0.15, 0.2) is 36.9 Å². The highest BCUT2D eigenvalue weighted by atomic mass is 32.1. The summed E-state index contributed by atoms with van der Waals surface area (Å²) < 4.78 is 0. The zero-order valence-electron chi connectivity index (χ0n) is 11.2. The van der Waals surface area contributed by atoms with Crippen LogP contribution in [0, 0.1) is 5.92 Å². The first-order chi connectivity index (χ1) is 9.65. The van der Waals surface area contributed by atoms with Gasteiger partial charge in [0, 0.05) is 30.8 Å². The van der Waals surface area contributed by atoms with Crippen molar-refractivity contribution in [2.75, 3.05) is 23.7 Å². The van der Waals surface area contributed by atoms with Crippen molar-refractivity contribution in [3.05, 3.63) is 42.5 Å². The van der Waals surface area contributed by atoms with E-state index in [2.05, 4.69) is 24.5 Å². The van der Waals surface area contributed by atoms with Gasteiger partial charge in [-0.1, -0.05) is 6.08 Å². The van der Waals surface area contributed by atoms with Gasteiger partial charge in [-0.25, -0.2) is 0 Å². The van der Waals surface area contributed by atoms with Gasteiger partial charge >= 0.3 is 0 Å². The summed E-state index contributed by atoms with van der Waals surface area (Å²) in [4.78, 5) is 25.4. The number of thiol groups is 1. The maximum absolute atomic E-state index is 11.9. The lowest BCUT2D eigenvalue weighted by Crippen LogP contribution is -2.25. The summed E-state index contributed by atoms with van der Waals surface area (Å²) in [6.07, 6.45) is 2.18. The standard InChI is InChI=1S/C15H18N2O2S/c1-2-7-16-15(19)12-3-5-13(6-4-12)17-9-11(10-20)8-14(17)18/h2-6,11,20H,1,7-10H2,(H,16,19). The molecule has 1 N–H and O–H groups in total. The quantitative estimate of drug-likeness (QED) is 0.642. The molecule has 2 rings (SSSR count). The largest absolute Gasteiger partial charge is 0.349 e. The lowest BCUT2D eigenvalue weighted by Gasteiger charge is -2.16. The molecule has 1 aliphatic heterocycles. The van der Waals surface area contributed by atoms with Crippen LogP contribution in [0.2, 0.25) is 0 Å². The van der Waals surface area contributed by atoms with E-state index in [1.54, 1.807) is 23.1 Å². The Balaban J connectivity index is 2.06. The fourth-order valence-electron chi connectivity index (χ4n) is 2.21. The first-order valence-corrected chi connectivity index (χ1v) is 7.19. The Morgan fingerprint density at radius 2 is 2.15 bits per heavy atom. The molecule has 1 fully saturated rings. The third-order valence-corrected chi connectivity index (χ3v) is 3.83. The van der Waals surface area contributed by atoms with Crippen molar-refractivity contribution in [2.24, 2.45) is 5.92 Å². The van der Waals surface area contributed by atoms with Crippen molar-refractivity contribution in [3.8, 4) is 0 Å². The highest BCUT2D eigenvalue weighted by molar-refractivity contribution is 7.80. The fourth-order valence-corrected chi connectivity index (χ4v) is 2.46. The van der Waals surface area contributed by atoms with E-state index in [1.165, 1.54) is 0 Å². The van der Waals surface area contributed by atoms with Gasteiger partial charge in [0.2, 0.25) is 5.91 Å². The minimum Gasteiger partial charge on any atom is -0.349 e. The van der Waals surface area contributed by atoms with Gasteiger partial charge in [0.15, 0.2) is 0 Å². The van der Waals surface area contributed by atoms with E-state index in [0.29, 0.717) is 36.7 Å². The molecule has 1 saturated heterocycles. The summed E-state index contributed by atoms with van der Waals surface area (Å²) >= 11 is 4.25. The zero-order chi connectivity index (χ0) is 14.5. The van der Waals surface area contributed by atoms with Gasteiger partial charge in [-0.2, -0.15) is 12.6 Å². The number of nitrogens with zero attached hydrogens (tertiary/aromatic N) is 1. The van der Waals surface area contributed by atoms with Gasteiger partial charge in [-0.15, -0.1) is 6.58 Å². The predicted molar refractivity (Wildman–Crippen MR) is 83.3 cm³/mol. The summed E-state index contributed by atoms with van der Waals surface area (Å²) in [6, 6.07) is 7.08. The average Bonchev–Trinajstić information content (AvgIpc) is 2.86. The van der Waals surface area contributed by atoms with Crippen molar-refractivity contribution in [1.82, 2.24) is 5.32 Å². The van der Waals surface area contributed by atoms with Crippen LogP contribution in [0.3, 0.4) is 0 Å². The third-order valence-electron chi connectivity index (χ3n) is 3.31. The topological polar surface area (TPSA) is 49.4 Å². The number of nitrogens with one attached hydrogen (secondary N) is 1. The van der Waals surface area contributed by atoms with Crippen LogP contribution in [0.4, 0.5) is 5.69 Å². The lowest BCUT2D eigenvalue weighted by atomic mass is 10.1. The summed E-state index contributed by atoms with van der Waals surface area (Å²) in [5.74, 6) is 0.997. The molecule has 1 unspecified atom stereocenters. The second kappa shape index (κ2) is 6.61. The second-order valence-electron chi connectivity index (χ2n) is 4.80. The maximum atomic E-state index is 11.9. The molecule has 1 aromatic carbocycles. The average molecular weight is 290 g/mol. The van der Waals surface area contributed by atoms with Gasteiger partial charge in [0.25, 0.3) is 5.91 Å². The molecule has 4 nitrogen and oxygen atoms in total. The molecule has 0 saturated carbocycles. The molecule has 0 spiro atoms. The van der Waals surface area contributed by atoms with E-state index < -0.39 is 0 Å². The Kier molecular flexibility index (Phi) is 4.84. The van der Waals surface area contributed by atoms with Gasteiger partial charge < -0.3 is 10.2 Å². The Morgan fingerprint density at radius 1 is 1.45 bits per heavy atom. The Hall–Kier alpha value is -1.75. The minimum atomic E-state index is -0.141. The molecule has 5 heteroatoms. The number of carbonyl (C=O) groups is 2. The summed E-state index contributed by atoms with van der Waals surface area (Å²) in [7, 11) is 0. The van der Waals surface area contributed by atoms with E-state index in [1.807, 2.05) is 12.1 Å². The molecule has 0 aliphatic carbocycles. The number of hydrogen-bond donors (Lipinski definition) is 2. The number of rotatable bonds is 5. The molecule has 2 amide bonds. The highest BCUT2D eigenvalue weighted by Gasteiger charge is 2.29. The monoisotopic (exact) mass is 290 g/mol. The molecule has 20 heavy (non-hydrogen) atoms. The molecular weight excluding hydrogens is 272 g/mol. The van der Waals surface area contributed by atoms with Crippen molar-refractivity contribution < 1.29 is 9.59 Å². The number of anilines is 1. The van der Waals surface area contributed by atoms with Crippen LogP contribution < -0.4 is 10.2 Å². The first-order valence-electron chi connectivity index (χ1n) is 6.56. The number of hydrogen-bond acceptors (Lipinski definition) is 3. The maximum Gasteiger partial charge on any atom is 0.251 e. The summed E-state index contributed by atoms with van der Waals surface area (Å²) in [6.45, 7) is 4.69. The Morgan fingerprint density at radius 3 is 2.70 bits per heavy atom. The molecule has 0 aromatic heterocycles. The molecule has 1 aromatic rings. The van der Waals surface area contributed by atoms with Gasteiger partial charge in [-0.3, -0.25) is 9.59 Å². The van der Waals surface area contributed by atoms with E-state index >= 15 is 0 Å². The molecule has 0 radical (unpaired) electrons. The van der Waals surface area contributed by atoms with Gasteiger partial charge in [0.05, 0.1) is 0 Å². The molecule has 1 heterocycles. The smallest absolute Gasteiger partial charge is 0.251 e. The molecule has 0 bridgehead atoms. The summed E-state index contributed by atoms with van der Waals surface area (Å²) in [5, 5.41) is 2.71. The van der Waals surface area contributed by atoms with E-state index in [4.69, 9.17) is 0 Å².